The maximum Gasteiger partial charge on any atom is 0.253 e. The fourth-order valence-corrected chi connectivity index (χ4v) is 5.56. The van der Waals surface area contributed by atoms with Crippen molar-refractivity contribution in [3.05, 3.63) is 76.8 Å². The second-order valence-electron chi connectivity index (χ2n) is 7.43. The molecule has 7 heteroatoms. The third kappa shape index (κ3) is 4.21. The van der Waals surface area contributed by atoms with Gasteiger partial charge < -0.3 is 5.32 Å². The van der Waals surface area contributed by atoms with E-state index in [4.69, 9.17) is 11.6 Å². The molecule has 0 radical (unpaired) electrons. The lowest BCUT2D eigenvalue weighted by atomic mass is 10.0. The van der Waals surface area contributed by atoms with Crippen molar-refractivity contribution < 1.29 is 13.2 Å². The van der Waals surface area contributed by atoms with Gasteiger partial charge >= 0.3 is 0 Å². The highest BCUT2D eigenvalue weighted by atomic mass is 35.5. The predicted octanol–water partition coefficient (Wildman–Crippen LogP) is 4.60. The minimum absolute atomic E-state index is 0.101. The van der Waals surface area contributed by atoms with E-state index in [9.17, 15) is 13.2 Å². The molecule has 0 saturated carbocycles. The normalized spacial score (nSPS) is 15.2. The zero-order valence-corrected chi connectivity index (χ0v) is 18.0. The van der Waals surface area contributed by atoms with Crippen LogP contribution in [-0.2, 0) is 16.6 Å². The number of nitrogens with one attached hydrogen (secondary N) is 1. The quantitative estimate of drug-likeness (QED) is 0.628. The van der Waals surface area contributed by atoms with E-state index in [1.165, 1.54) is 22.5 Å². The van der Waals surface area contributed by atoms with Gasteiger partial charge in [-0.3, -0.25) is 4.79 Å². The summed E-state index contributed by atoms with van der Waals surface area (Å²) in [4.78, 5) is 12.9. The molecule has 1 saturated heterocycles. The number of fused-ring (bicyclic) bond motifs is 1. The topological polar surface area (TPSA) is 66.5 Å². The summed E-state index contributed by atoms with van der Waals surface area (Å²) in [7, 11) is -3.64. The summed E-state index contributed by atoms with van der Waals surface area (Å²) in [6.07, 6.45) is 2.74. The molecule has 0 atom stereocenters. The van der Waals surface area contributed by atoms with E-state index in [1.807, 2.05) is 42.5 Å². The van der Waals surface area contributed by atoms with Crippen molar-refractivity contribution in [2.24, 2.45) is 0 Å². The zero-order chi connectivity index (χ0) is 21.1. The first-order valence-electron chi connectivity index (χ1n) is 10.0. The summed E-state index contributed by atoms with van der Waals surface area (Å²) in [5.74, 6) is -0.399. The van der Waals surface area contributed by atoms with Crippen LogP contribution in [0.3, 0.4) is 0 Å². The van der Waals surface area contributed by atoms with E-state index >= 15 is 0 Å². The summed E-state index contributed by atoms with van der Waals surface area (Å²) in [5.41, 5.74) is 1.14. The number of rotatable bonds is 5. The lowest BCUT2D eigenvalue weighted by Crippen LogP contribution is -2.35. The molecule has 1 fully saturated rings. The number of halogens is 1. The summed E-state index contributed by atoms with van der Waals surface area (Å²) < 4.78 is 27.4. The van der Waals surface area contributed by atoms with Crippen molar-refractivity contribution in [3.63, 3.8) is 0 Å². The monoisotopic (exact) mass is 442 g/mol. The molecule has 1 aliphatic heterocycles. The molecule has 5 nitrogen and oxygen atoms in total. The highest BCUT2D eigenvalue weighted by Gasteiger charge is 2.27. The highest BCUT2D eigenvalue weighted by molar-refractivity contribution is 7.89. The van der Waals surface area contributed by atoms with Crippen molar-refractivity contribution in [3.8, 4) is 0 Å². The van der Waals surface area contributed by atoms with Crippen LogP contribution in [0.4, 0.5) is 0 Å². The van der Waals surface area contributed by atoms with E-state index in [1.54, 1.807) is 0 Å². The average molecular weight is 443 g/mol. The van der Waals surface area contributed by atoms with Crippen LogP contribution in [0.25, 0.3) is 10.8 Å². The van der Waals surface area contributed by atoms with Gasteiger partial charge in [-0.15, -0.1) is 0 Å². The van der Waals surface area contributed by atoms with Gasteiger partial charge in [-0.05, 0) is 47.4 Å². The molecular formula is C23H23ClN2O3S. The third-order valence-corrected chi connectivity index (χ3v) is 7.68. The molecule has 30 heavy (non-hydrogen) atoms. The van der Waals surface area contributed by atoms with Crippen molar-refractivity contribution in [1.82, 2.24) is 9.62 Å². The van der Waals surface area contributed by atoms with Crippen LogP contribution >= 0.6 is 11.6 Å². The van der Waals surface area contributed by atoms with Crippen LogP contribution in [0.1, 0.15) is 35.2 Å². The van der Waals surface area contributed by atoms with Gasteiger partial charge in [-0.2, -0.15) is 4.31 Å². The number of carbonyl (C=O) groups is 1. The summed E-state index contributed by atoms with van der Waals surface area (Å²) in [5, 5.41) is 5.26. The Kier molecular flexibility index (Phi) is 6.09. The third-order valence-electron chi connectivity index (χ3n) is 5.45. The zero-order valence-electron chi connectivity index (χ0n) is 16.5. The van der Waals surface area contributed by atoms with Crippen LogP contribution < -0.4 is 5.32 Å². The molecule has 3 aromatic carbocycles. The molecule has 0 bridgehead atoms. The second kappa shape index (κ2) is 8.76. The lowest BCUT2D eigenvalue weighted by Gasteiger charge is -2.26. The summed E-state index contributed by atoms with van der Waals surface area (Å²) in [6, 6.07) is 18.2. The number of hydrogen-bond donors (Lipinski definition) is 1. The largest absolute Gasteiger partial charge is 0.348 e. The SMILES string of the molecule is O=C(NCc1cccc2ccccc12)c1cc(S(=O)(=O)N2CCCCC2)ccc1Cl. The Bertz CT molecular complexity index is 1180. The molecular weight excluding hydrogens is 420 g/mol. The fraction of sp³-hybridized carbons (Fsp3) is 0.261. The first kappa shape index (κ1) is 20.8. The standard InChI is InChI=1S/C23H23ClN2O3S/c24-22-12-11-19(30(28,29)26-13-4-1-5-14-26)15-21(22)23(27)25-16-18-9-6-8-17-7-2-3-10-20(17)18/h2-3,6-12,15H,1,4-5,13-14,16H2,(H,25,27). The van der Waals surface area contributed by atoms with Crippen LogP contribution in [-0.4, -0.2) is 31.7 Å². The minimum atomic E-state index is -3.64. The molecule has 3 aromatic rings. The van der Waals surface area contributed by atoms with E-state index in [2.05, 4.69) is 5.32 Å². The van der Waals surface area contributed by atoms with Crippen molar-refractivity contribution in [2.75, 3.05) is 13.1 Å². The summed E-state index contributed by atoms with van der Waals surface area (Å²) >= 11 is 6.23. The van der Waals surface area contributed by atoms with Gasteiger partial charge in [-0.25, -0.2) is 8.42 Å². The lowest BCUT2D eigenvalue weighted by molar-refractivity contribution is 0.0951. The molecule has 1 amide bonds. The van der Waals surface area contributed by atoms with Crippen molar-refractivity contribution in [2.45, 2.75) is 30.7 Å². The van der Waals surface area contributed by atoms with Gasteiger partial charge in [0.05, 0.1) is 15.5 Å². The van der Waals surface area contributed by atoms with Crippen LogP contribution in [0.15, 0.2) is 65.6 Å². The second-order valence-corrected chi connectivity index (χ2v) is 9.77. The number of benzene rings is 3. The molecule has 4 rings (SSSR count). The van der Waals surface area contributed by atoms with Gasteiger partial charge in [0.1, 0.15) is 0 Å². The molecule has 0 aliphatic carbocycles. The molecule has 0 spiro atoms. The number of hydrogen-bond acceptors (Lipinski definition) is 3. The maximum absolute atomic E-state index is 13.0. The Labute approximate surface area is 181 Å². The number of carbonyl (C=O) groups excluding carboxylic acids is 1. The van der Waals surface area contributed by atoms with E-state index in [-0.39, 0.29) is 15.5 Å². The van der Waals surface area contributed by atoms with Gasteiger partial charge in [0.2, 0.25) is 10.0 Å². The smallest absolute Gasteiger partial charge is 0.253 e. The molecule has 1 N–H and O–H groups in total. The van der Waals surface area contributed by atoms with Crippen molar-refractivity contribution >= 4 is 38.3 Å². The van der Waals surface area contributed by atoms with Crippen LogP contribution in [0, 0.1) is 0 Å². The Hall–Kier alpha value is -2.41. The minimum Gasteiger partial charge on any atom is -0.348 e. The van der Waals surface area contributed by atoms with Gasteiger partial charge in [0.25, 0.3) is 5.91 Å². The Morgan fingerprint density at radius 2 is 1.70 bits per heavy atom. The number of sulfonamides is 1. The average Bonchev–Trinajstić information content (AvgIpc) is 2.78. The molecule has 156 valence electrons. The Morgan fingerprint density at radius 3 is 2.50 bits per heavy atom. The van der Waals surface area contributed by atoms with E-state index in [0.717, 1.165) is 35.6 Å². The van der Waals surface area contributed by atoms with Crippen LogP contribution in [0.2, 0.25) is 5.02 Å². The maximum atomic E-state index is 13.0. The number of piperidine rings is 1. The Morgan fingerprint density at radius 1 is 0.967 bits per heavy atom. The fourth-order valence-electron chi connectivity index (χ4n) is 3.81. The van der Waals surface area contributed by atoms with Crippen LogP contribution in [0.5, 0.6) is 0 Å². The summed E-state index contributed by atoms with van der Waals surface area (Å²) in [6.45, 7) is 1.33. The molecule has 1 heterocycles. The first-order valence-corrected chi connectivity index (χ1v) is 11.8. The van der Waals surface area contributed by atoms with Gasteiger partial charge in [0.15, 0.2) is 0 Å². The first-order chi connectivity index (χ1) is 14.5. The van der Waals surface area contributed by atoms with Gasteiger partial charge in [0, 0.05) is 19.6 Å². The molecule has 0 unspecified atom stereocenters. The van der Waals surface area contributed by atoms with E-state index < -0.39 is 15.9 Å². The van der Waals surface area contributed by atoms with Gasteiger partial charge in [-0.1, -0.05) is 60.5 Å². The van der Waals surface area contributed by atoms with E-state index in [0.29, 0.717) is 19.6 Å². The number of nitrogens with zero attached hydrogens (tertiary/aromatic N) is 1. The molecule has 1 aliphatic rings. The highest BCUT2D eigenvalue weighted by Crippen LogP contribution is 2.25. The number of amides is 1. The van der Waals surface area contributed by atoms with Crippen molar-refractivity contribution in [1.29, 1.82) is 0 Å². The molecule has 0 aromatic heterocycles. The predicted molar refractivity (Wildman–Crippen MR) is 119 cm³/mol. The Balaban J connectivity index is 1.56.